The summed E-state index contributed by atoms with van der Waals surface area (Å²) in [5.41, 5.74) is 0.299. The fraction of sp³-hybridized carbons (Fsp3) is 0.188. The van der Waals surface area contributed by atoms with Crippen molar-refractivity contribution in [3.8, 4) is 11.4 Å². The molecule has 0 bridgehead atoms. The number of halogens is 4. The summed E-state index contributed by atoms with van der Waals surface area (Å²) in [6, 6.07) is 8.25. The highest BCUT2D eigenvalue weighted by Crippen LogP contribution is 2.32. The number of anilines is 2. The van der Waals surface area contributed by atoms with Crippen molar-refractivity contribution in [1.29, 1.82) is 0 Å². The smallest absolute Gasteiger partial charge is 0.394 e. The Morgan fingerprint density at radius 3 is 2.46 bits per heavy atom. The summed E-state index contributed by atoms with van der Waals surface area (Å²) in [5.74, 6) is -0.413. The van der Waals surface area contributed by atoms with Crippen LogP contribution in [0, 0.1) is 5.82 Å². The van der Waals surface area contributed by atoms with Crippen LogP contribution in [-0.2, 0) is 12.7 Å². The Morgan fingerprint density at radius 1 is 1.08 bits per heavy atom. The summed E-state index contributed by atoms with van der Waals surface area (Å²) in [7, 11) is 0. The van der Waals surface area contributed by atoms with E-state index in [0.29, 0.717) is 11.4 Å². The second kappa shape index (κ2) is 7.08. The van der Waals surface area contributed by atoms with E-state index in [-0.39, 0.29) is 24.5 Å². The largest absolute Gasteiger partial charge is 0.416 e. The van der Waals surface area contributed by atoms with Crippen LogP contribution in [0.4, 0.5) is 28.9 Å². The molecule has 0 unspecified atom stereocenters. The lowest BCUT2D eigenvalue weighted by molar-refractivity contribution is -0.137. The number of nitrogens with one attached hydrogen (secondary N) is 1. The zero-order valence-electron chi connectivity index (χ0n) is 13.2. The van der Waals surface area contributed by atoms with Crippen LogP contribution >= 0.6 is 0 Å². The first-order valence-corrected chi connectivity index (χ1v) is 7.49. The van der Waals surface area contributed by atoms with Gasteiger partial charge in [-0.1, -0.05) is 0 Å². The van der Waals surface area contributed by atoms with E-state index in [1.54, 1.807) is 0 Å². The lowest BCUT2D eigenvalue weighted by atomic mass is 10.1. The standard InChI is InChI=1S/C16H13F4N5O/c17-11-3-6-14(13(9-11)15-22-24-25(23-15)7-8-26)21-12-4-1-10(2-5-12)16(18,19)20/h1-6,9,21,26H,7-8H2. The van der Waals surface area contributed by atoms with Crippen LogP contribution in [-0.4, -0.2) is 31.9 Å². The molecule has 26 heavy (non-hydrogen) atoms. The van der Waals surface area contributed by atoms with E-state index in [1.165, 1.54) is 30.3 Å². The molecule has 0 aliphatic rings. The summed E-state index contributed by atoms with van der Waals surface area (Å²) >= 11 is 0. The quantitative estimate of drug-likeness (QED) is 0.677. The zero-order valence-corrected chi connectivity index (χ0v) is 13.2. The molecular formula is C16H13F4N5O. The van der Waals surface area contributed by atoms with Gasteiger partial charge in [0.1, 0.15) is 5.82 Å². The van der Waals surface area contributed by atoms with Gasteiger partial charge in [0.2, 0.25) is 5.82 Å². The van der Waals surface area contributed by atoms with Gasteiger partial charge in [-0.3, -0.25) is 0 Å². The Hall–Kier alpha value is -3.01. The molecule has 1 aromatic heterocycles. The first-order chi connectivity index (χ1) is 12.4. The number of hydrogen-bond acceptors (Lipinski definition) is 5. The normalized spacial score (nSPS) is 11.6. The predicted octanol–water partition coefficient (Wildman–Crippen LogP) is 3.23. The Morgan fingerprint density at radius 2 is 1.81 bits per heavy atom. The molecule has 136 valence electrons. The molecule has 0 aliphatic carbocycles. The zero-order chi connectivity index (χ0) is 18.7. The van der Waals surface area contributed by atoms with E-state index in [1.807, 2.05) is 0 Å². The van der Waals surface area contributed by atoms with Gasteiger partial charge < -0.3 is 10.4 Å². The maximum absolute atomic E-state index is 13.6. The Bertz CT molecular complexity index is 892. The third-order valence-electron chi connectivity index (χ3n) is 3.47. The number of rotatable bonds is 5. The molecule has 0 aliphatic heterocycles. The Kier molecular flexibility index (Phi) is 4.85. The molecular weight excluding hydrogens is 354 g/mol. The van der Waals surface area contributed by atoms with E-state index >= 15 is 0 Å². The molecule has 0 fully saturated rings. The van der Waals surface area contributed by atoms with Crippen molar-refractivity contribution < 1.29 is 22.7 Å². The number of nitrogens with zero attached hydrogens (tertiary/aromatic N) is 4. The van der Waals surface area contributed by atoms with Crippen molar-refractivity contribution in [2.24, 2.45) is 0 Å². The molecule has 0 atom stereocenters. The highest BCUT2D eigenvalue weighted by molar-refractivity contribution is 5.77. The van der Waals surface area contributed by atoms with E-state index in [0.717, 1.165) is 16.9 Å². The second-order valence-electron chi connectivity index (χ2n) is 5.32. The van der Waals surface area contributed by atoms with Crippen molar-refractivity contribution in [3.05, 3.63) is 53.8 Å². The molecule has 6 nitrogen and oxygen atoms in total. The molecule has 2 N–H and O–H groups in total. The minimum absolute atomic E-state index is 0.118. The molecule has 3 rings (SSSR count). The SMILES string of the molecule is OCCn1nnc(-c2cc(F)ccc2Nc2ccc(C(F)(F)F)cc2)n1. The molecule has 0 radical (unpaired) electrons. The molecule has 10 heteroatoms. The molecule has 3 aromatic rings. The predicted molar refractivity (Wildman–Crippen MR) is 85.0 cm³/mol. The first kappa shape index (κ1) is 17.8. The number of aliphatic hydroxyl groups is 1. The molecule has 0 saturated carbocycles. The van der Waals surface area contributed by atoms with Crippen molar-refractivity contribution >= 4 is 11.4 Å². The maximum Gasteiger partial charge on any atom is 0.416 e. The highest BCUT2D eigenvalue weighted by Gasteiger charge is 2.30. The third kappa shape index (κ3) is 3.97. The van der Waals surface area contributed by atoms with Crippen molar-refractivity contribution in [2.75, 3.05) is 11.9 Å². The van der Waals surface area contributed by atoms with Gasteiger partial charge in [0.15, 0.2) is 0 Å². The lowest BCUT2D eigenvalue weighted by Crippen LogP contribution is -2.06. The van der Waals surface area contributed by atoms with E-state index in [4.69, 9.17) is 5.11 Å². The highest BCUT2D eigenvalue weighted by atomic mass is 19.4. The van der Waals surface area contributed by atoms with Crippen LogP contribution in [0.2, 0.25) is 0 Å². The van der Waals surface area contributed by atoms with Crippen LogP contribution < -0.4 is 5.32 Å². The summed E-state index contributed by atoms with van der Waals surface area (Å²) in [6.07, 6.45) is -4.42. The van der Waals surface area contributed by atoms with Gasteiger partial charge in [0.25, 0.3) is 0 Å². The van der Waals surface area contributed by atoms with E-state index in [2.05, 4.69) is 20.7 Å². The number of tetrazole rings is 1. The Balaban J connectivity index is 1.90. The fourth-order valence-corrected chi connectivity index (χ4v) is 2.24. The second-order valence-corrected chi connectivity index (χ2v) is 5.32. The van der Waals surface area contributed by atoms with Crippen molar-refractivity contribution in [2.45, 2.75) is 12.7 Å². The monoisotopic (exact) mass is 367 g/mol. The van der Waals surface area contributed by atoms with Gasteiger partial charge in [-0.2, -0.15) is 18.0 Å². The molecule has 1 heterocycles. The van der Waals surface area contributed by atoms with Gasteiger partial charge in [0, 0.05) is 16.9 Å². The van der Waals surface area contributed by atoms with Crippen molar-refractivity contribution in [1.82, 2.24) is 20.2 Å². The summed E-state index contributed by atoms with van der Waals surface area (Å²) in [5, 5.41) is 23.4. The van der Waals surface area contributed by atoms with Crippen LogP contribution in [0.1, 0.15) is 5.56 Å². The number of hydrogen-bond donors (Lipinski definition) is 2. The number of alkyl halides is 3. The summed E-state index contributed by atoms with van der Waals surface area (Å²) in [4.78, 5) is 1.15. The summed E-state index contributed by atoms with van der Waals surface area (Å²) in [6.45, 7) is -0.0560. The molecule has 0 spiro atoms. The van der Waals surface area contributed by atoms with Gasteiger partial charge in [-0.25, -0.2) is 4.39 Å². The van der Waals surface area contributed by atoms with E-state index in [9.17, 15) is 17.6 Å². The number of aliphatic hydroxyl groups excluding tert-OH is 1. The Labute approximate surface area is 145 Å². The lowest BCUT2D eigenvalue weighted by Gasteiger charge is -2.12. The molecule has 0 saturated heterocycles. The van der Waals surface area contributed by atoms with Gasteiger partial charge >= 0.3 is 6.18 Å². The van der Waals surface area contributed by atoms with Gasteiger partial charge in [0.05, 0.1) is 18.7 Å². The summed E-state index contributed by atoms with van der Waals surface area (Å²) < 4.78 is 51.5. The minimum Gasteiger partial charge on any atom is -0.394 e. The van der Waals surface area contributed by atoms with Crippen molar-refractivity contribution in [3.63, 3.8) is 0 Å². The number of aromatic nitrogens is 4. The first-order valence-electron chi connectivity index (χ1n) is 7.49. The van der Waals surface area contributed by atoms with E-state index < -0.39 is 17.6 Å². The van der Waals surface area contributed by atoms with Gasteiger partial charge in [-0.15, -0.1) is 10.2 Å². The average Bonchev–Trinajstić information content (AvgIpc) is 3.05. The van der Waals surface area contributed by atoms with Gasteiger partial charge in [-0.05, 0) is 47.7 Å². The minimum atomic E-state index is -4.42. The van der Waals surface area contributed by atoms with Crippen LogP contribution in [0.25, 0.3) is 11.4 Å². The van der Waals surface area contributed by atoms with Crippen LogP contribution in [0.5, 0.6) is 0 Å². The van der Waals surface area contributed by atoms with Crippen LogP contribution in [0.3, 0.4) is 0 Å². The maximum atomic E-state index is 13.6. The fourth-order valence-electron chi connectivity index (χ4n) is 2.24. The van der Waals surface area contributed by atoms with Crippen LogP contribution in [0.15, 0.2) is 42.5 Å². The number of benzene rings is 2. The molecule has 0 amide bonds. The molecule has 2 aromatic carbocycles. The average molecular weight is 367 g/mol. The third-order valence-corrected chi connectivity index (χ3v) is 3.47. The topological polar surface area (TPSA) is 75.9 Å².